The highest BCUT2D eigenvalue weighted by atomic mass is 32.1. The molecule has 0 aliphatic carbocycles. The number of piperazine rings is 1. The van der Waals surface area contributed by atoms with Gasteiger partial charge >= 0.3 is 0 Å². The van der Waals surface area contributed by atoms with Gasteiger partial charge in [0.25, 0.3) is 0 Å². The second-order valence-corrected chi connectivity index (χ2v) is 5.45. The summed E-state index contributed by atoms with van der Waals surface area (Å²) in [6.07, 6.45) is 0. The van der Waals surface area contributed by atoms with Gasteiger partial charge in [-0.05, 0) is 29.3 Å². The van der Waals surface area contributed by atoms with Crippen LogP contribution in [0.25, 0.3) is 0 Å². The van der Waals surface area contributed by atoms with Gasteiger partial charge in [-0.3, -0.25) is 9.69 Å². The molecule has 1 N–H and O–H groups in total. The SMILES string of the molecule is CC(C(=O)N1CCN(CCO)CC1)c1ccsc1. The molecule has 1 aliphatic heterocycles. The van der Waals surface area contributed by atoms with Gasteiger partial charge in [-0.15, -0.1) is 0 Å². The van der Waals surface area contributed by atoms with Crippen molar-refractivity contribution in [3.8, 4) is 0 Å². The molecule has 1 atom stereocenters. The van der Waals surface area contributed by atoms with Crippen molar-refractivity contribution in [2.45, 2.75) is 12.8 Å². The zero-order chi connectivity index (χ0) is 13.0. The molecule has 0 spiro atoms. The number of amides is 1. The van der Waals surface area contributed by atoms with Gasteiger partial charge in [0.15, 0.2) is 0 Å². The third-order valence-electron chi connectivity index (χ3n) is 3.51. The van der Waals surface area contributed by atoms with Crippen molar-refractivity contribution in [1.82, 2.24) is 9.80 Å². The number of carbonyl (C=O) groups excluding carboxylic acids is 1. The Balaban J connectivity index is 1.87. The molecule has 1 fully saturated rings. The summed E-state index contributed by atoms with van der Waals surface area (Å²) in [4.78, 5) is 16.5. The van der Waals surface area contributed by atoms with Gasteiger partial charge in [0, 0.05) is 32.7 Å². The molecule has 18 heavy (non-hydrogen) atoms. The lowest BCUT2D eigenvalue weighted by molar-refractivity contribution is -0.134. The van der Waals surface area contributed by atoms with Crippen molar-refractivity contribution in [2.75, 3.05) is 39.3 Å². The largest absolute Gasteiger partial charge is 0.395 e. The maximum absolute atomic E-state index is 12.3. The average Bonchev–Trinajstić information content (AvgIpc) is 2.92. The summed E-state index contributed by atoms with van der Waals surface area (Å²) < 4.78 is 0. The Morgan fingerprint density at radius 3 is 2.72 bits per heavy atom. The summed E-state index contributed by atoms with van der Waals surface area (Å²) in [5.41, 5.74) is 1.11. The highest BCUT2D eigenvalue weighted by molar-refractivity contribution is 7.08. The van der Waals surface area contributed by atoms with Gasteiger partial charge in [0.1, 0.15) is 0 Å². The molecule has 0 aromatic carbocycles. The Morgan fingerprint density at radius 1 is 1.44 bits per heavy atom. The van der Waals surface area contributed by atoms with Gasteiger partial charge in [0.2, 0.25) is 5.91 Å². The third kappa shape index (κ3) is 3.10. The molecule has 0 radical (unpaired) electrons. The minimum atomic E-state index is -0.0411. The quantitative estimate of drug-likeness (QED) is 0.885. The molecule has 1 saturated heterocycles. The molecule has 1 amide bonds. The van der Waals surface area contributed by atoms with Crippen molar-refractivity contribution in [1.29, 1.82) is 0 Å². The number of hydrogen-bond donors (Lipinski definition) is 1. The number of nitrogens with zero attached hydrogens (tertiary/aromatic N) is 2. The number of hydrogen-bond acceptors (Lipinski definition) is 4. The minimum absolute atomic E-state index is 0.0411. The summed E-state index contributed by atoms with van der Waals surface area (Å²) in [5.74, 6) is 0.178. The lowest BCUT2D eigenvalue weighted by Gasteiger charge is -2.35. The van der Waals surface area contributed by atoms with Crippen LogP contribution in [0.5, 0.6) is 0 Å². The van der Waals surface area contributed by atoms with Crippen LogP contribution < -0.4 is 0 Å². The van der Waals surface area contributed by atoms with E-state index in [0.29, 0.717) is 6.54 Å². The number of carbonyl (C=O) groups is 1. The number of β-amino-alcohol motifs (C(OH)–C–C–N with tert-alkyl or cyclic N) is 1. The van der Waals surface area contributed by atoms with E-state index in [-0.39, 0.29) is 18.4 Å². The van der Waals surface area contributed by atoms with E-state index in [1.54, 1.807) is 11.3 Å². The van der Waals surface area contributed by atoms with Crippen LogP contribution in [0.1, 0.15) is 18.4 Å². The molecule has 1 aromatic rings. The van der Waals surface area contributed by atoms with Crippen molar-refractivity contribution in [3.63, 3.8) is 0 Å². The van der Waals surface area contributed by atoms with E-state index in [4.69, 9.17) is 5.11 Å². The lowest BCUT2D eigenvalue weighted by Crippen LogP contribution is -2.50. The Morgan fingerprint density at radius 2 is 2.17 bits per heavy atom. The minimum Gasteiger partial charge on any atom is -0.395 e. The van der Waals surface area contributed by atoms with Gasteiger partial charge < -0.3 is 10.0 Å². The van der Waals surface area contributed by atoms with Gasteiger partial charge in [0.05, 0.1) is 12.5 Å². The normalized spacial score (nSPS) is 18.9. The highest BCUT2D eigenvalue weighted by Gasteiger charge is 2.25. The van der Waals surface area contributed by atoms with Crippen LogP contribution in [-0.4, -0.2) is 60.1 Å². The van der Waals surface area contributed by atoms with E-state index in [2.05, 4.69) is 4.90 Å². The van der Waals surface area contributed by atoms with Crippen LogP contribution in [0.4, 0.5) is 0 Å². The molecule has 1 unspecified atom stereocenters. The molecule has 4 nitrogen and oxygen atoms in total. The second kappa shape index (κ2) is 6.31. The first-order valence-corrected chi connectivity index (χ1v) is 7.30. The highest BCUT2D eigenvalue weighted by Crippen LogP contribution is 2.21. The number of thiophene rings is 1. The Kier molecular flexibility index (Phi) is 4.74. The fraction of sp³-hybridized carbons (Fsp3) is 0.615. The monoisotopic (exact) mass is 268 g/mol. The molecule has 1 aromatic heterocycles. The van der Waals surface area contributed by atoms with Crippen LogP contribution in [0, 0.1) is 0 Å². The van der Waals surface area contributed by atoms with Crippen molar-refractivity contribution < 1.29 is 9.90 Å². The summed E-state index contributed by atoms with van der Waals surface area (Å²) in [7, 11) is 0. The van der Waals surface area contributed by atoms with E-state index in [1.165, 1.54) is 0 Å². The Bertz CT molecular complexity index is 372. The number of rotatable bonds is 4. The first kappa shape index (κ1) is 13.5. The van der Waals surface area contributed by atoms with Crippen LogP contribution in [-0.2, 0) is 4.79 Å². The summed E-state index contributed by atoms with van der Waals surface area (Å²) in [6.45, 7) is 6.15. The van der Waals surface area contributed by atoms with Gasteiger partial charge in [-0.2, -0.15) is 11.3 Å². The van der Waals surface area contributed by atoms with Crippen LogP contribution in [0.2, 0.25) is 0 Å². The van der Waals surface area contributed by atoms with Crippen molar-refractivity contribution in [2.24, 2.45) is 0 Å². The van der Waals surface area contributed by atoms with E-state index >= 15 is 0 Å². The summed E-state index contributed by atoms with van der Waals surface area (Å²) >= 11 is 1.63. The maximum Gasteiger partial charge on any atom is 0.229 e. The topological polar surface area (TPSA) is 43.8 Å². The molecular formula is C13H20N2O2S. The predicted molar refractivity (Wildman–Crippen MR) is 72.8 cm³/mol. The van der Waals surface area contributed by atoms with E-state index in [9.17, 15) is 4.79 Å². The molecule has 0 saturated carbocycles. The molecule has 0 bridgehead atoms. The third-order valence-corrected chi connectivity index (χ3v) is 4.22. The van der Waals surface area contributed by atoms with Gasteiger partial charge in [-0.25, -0.2) is 0 Å². The smallest absolute Gasteiger partial charge is 0.229 e. The lowest BCUT2D eigenvalue weighted by atomic mass is 10.0. The molecule has 5 heteroatoms. The predicted octanol–water partition coefficient (Wildman–Crippen LogP) is 0.988. The fourth-order valence-corrected chi connectivity index (χ4v) is 3.03. The van der Waals surface area contributed by atoms with Crippen LogP contribution in [0.3, 0.4) is 0 Å². The maximum atomic E-state index is 12.3. The standard InChI is InChI=1S/C13H20N2O2S/c1-11(12-2-9-18-10-12)13(17)15-5-3-14(4-6-15)7-8-16/h2,9-11,16H,3-8H2,1H3. The van der Waals surface area contributed by atoms with E-state index in [0.717, 1.165) is 31.7 Å². The first-order valence-electron chi connectivity index (χ1n) is 6.36. The molecule has 2 rings (SSSR count). The van der Waals surface area contributed by atoms with Crippen molar-refractivity contribution in [3.05, 3.63) is 22.4 Å². The van der Waals surface area contributed by atoms with Crippen molar-refractivity contribution >= 4 is 17.2 Å². The van der Waals surface area contributed by atoms with Crippen LogP contribution in [0.15, 0.2) is 16.8 Å². The molecule has 1 aliphatic rings. The fourth-order valence-electron chi connectivity index (χ4n) is 2.27. The summed E-state index contributed by atoms with van der Waals surface area (Å²) in [5, 5.41) is 12.9. The summed E-state index contributed by atoms with van der Waals surface area (Å²) in [6, 6.07) is 2.02. The van der Waals surface area contributed by atoms with E-state index in [1.807, 2.05) is 28.7 Å². The number of aliphatic hydroxyl groups is 1. The average molecular weight is 268 g/mol. The number of aliphatic hydroxyl groups excluding tert-OH is 1. The zero-order valence-corrected chi connectivity index (χ0v) is 11.5. The van der Waals surface area contributed by atoms with Crippen LogP contribution >= 0.6 is 11.3 Å². The zero-order valence-electron chi connectivity index (χ0n) is 10.7. The first-order chi connectivity index (χ1) is 8.72. The molecular weight excluding hydrogens is 248 g/mol. The second-order valence-electron chi connectivity index (χ2n) is 4.67. The van der Waals surface area contributed by atoms with Gasteiger partial charge in [-0.1, -0.05) is 0 Å². The Labute approximate surface area is 112 Å². The molecule has 2 heterocycles. The molecule has 100 valence electrons. The Hall–Kier alpha value is -0.910. The van der Waals surface area contributed by atoms with E-state index < -0.39 is 0 Å².